The van der Waals surface area contributed by atoms with Crippen molar-refractivity contribution in [2.75, 3.05) is 19.8 Å². The average molecular weight is 430 g/mol. The van der Waals surface area contributed by atoms with Crippen molar-refractivity contribution in [1.29, 1.82) is 0 Å². The summed E-state index contributed by atoms with van der Waals surface area (Å²) < 4.78 is 36.4. The molecule has 0 spiro atoms. The van der Waals surface area contributed by atoms with Crippen LogP contribution in [-0.4, -0.2) is 41.8 Å². The highest BCUT2D eigenvalue weighted by molar-refractivity contribution is 7.57. The molecule has 2 rings (SSSR count). The van der Waals surface area contributed by atoms with Gasteiger partial charge in [0.05, 0.1) is 19.3 Å². The first-order chi connectivity index (χ1) is 13.9. The van der Waals surface area contributed by atoms with Crippen molar-refractivity contribution in [3.05, 3.63) is 44.5 Å². The molecule has 0 aliphatic carbocycles. The second kappa shape index (κ2) is 11.6. The van der Waals surface area contributed by atoms with E-state index in [-0.39, 0.29) is 19.5 Å². The molecule has 9 nitrogen and oxygen atoms in total. The van der Waals surface area contributed by atoms with E-state index in [2.05, 4.69) is 4.98 Å². The van der Waals surface area contributed by atoms with E-state index in [1.165, 1.54) is 16.6 Å². The molecule has 1 saturated heterocycles. The fourth-order valence-corrected chi connectivity index (χ4v) is 4.33. The van der Waals surface area contributed by atoms with Crippen LogP contribution < -0.4 is 11.2 Å². The molecule has 0 radical (unpaired) electrons. The van der Waals surface area contributed by atoms with Gasteiger partial charge in [-0.2, -0.15) is 0 Å². The Bertz CT molecular complexity index is 817. The summed E-state index contributed by atoms with van der Waals surface area (Å²) in [6, 6.07) is 0. The second-order valence-electron chi connectivity index (χ2n) is 6.74. The van der Waals surface area contributed by atoms with Crippen LogP contribution in [0.15, 0.2) is 27.7 Å². The Morgan fingerprint density at radius 3 is 2.66 bits per heavy atom. The van der Waals surface area contributed by atoms with E-state index in [1.807, 2.05) is 0 Å². The van der Waals surface area contributed by atoms with Gasteiger partial charge in [-0.3, -0.25) is 14.3 Å². The van der Waals surface area contributed by atoms with E-state index in [0.717, 1.165) is 19.3 Å². The summed E-state index contributed by atoms with van der Waals surface area (Å²) in [4.78, 5) is 25.9. The number of aromatic amines is 1. The Labute approximate surface area is 170 Å². The number of nitrogens with one attached hydrogen (secondary N) is 1. The van der Waals surface area contributed by atoms with Crippen LogP contribution in [0.1, 0.15) is 45.1 Å². The summed E-state index contributed by atoms with van der Waals surface area (Å²) in [6.07, 6.45) is 5.54. The number of aromatic nitrogens is 2. The second-order valence-corrected chi connectivity index (χ2v) is 8.64. The van der Waals surface area contributed by atoms with Crippen molar-refractivity contribution in [1.82, 2.24) is 9.55 Å². The van der Waals surface area contributed by atoms with E-state index in [0.29, 0.717) is 25.1 Å². The molecule has 1 fully saturated rings. The number of rotatable bonds is 11. The van der Waals surface area contributed by atoms with Crippen LogP contribution >= 0.6 is 7.60 Å². The maximum absolute atomic E-state index is 12.7. The van der Waals surface area contributed by atoms with Crippen molar-refractivity contribution in [2.24, 2.45) is 0 Å². The third-order valence-electron chi connectivity index (χ3n) is 4.41. The molecule has 0 unspecified atom stereocenters. The van der Waals surface area contributed by atoms with Gasteiger partial charge in [0, 0.05) is 30.7 Å². The van der Waals surface area contributed by atoms with Gasteiger partial charge in [-0.15, -0.1) is 0 Å². The molecule has 29 heavy (non-hydrogen) atoms. The van der Waals surface area contributed by atoms with Gasteiger partial charge in [0.1, 0.15) is 0 Å². The van der Waals surface area contributed by atoms with Crippen LogP contribution in [0.25, 0.3) is 0 Å². The predicted molar refractivity (Wildman–Crippen MR) is 109 cm³/mol. The molecule has 1 aromatic heterocycles. The lowest BCUT2D eigenvalue weighted by molar-refractivity contribution is -0.179. The zero-order valence-electron chi connectivity index (χ0n) is 17.3. The van der Waals surface area contributed by atoms with Crippen molar-refractivity contribution in [3.8, 4) is 0 Å². The summed E-state index contributed by atoms with van der Waals surface area (Å²) in [5.74, 6) is 1.41. The molecule has 1 aliphatic heterocycles. The highest BCUT2D eigenvalue weighted by Crippen LogP contribution is 2.49. The topological polar surface area (TPSA) is 109 Å². The van der Waals surface area contributed by atoms with Gasteiger partial charge in [-0.1, -0.05) is 0 Å². The van der Waals surface area contributed by atoms with E-state index in [4.69, 9.17) is 18.5 Å². The predicted octanol–water partition coefficient (Wildman–Crippen LogP) is 2.93. The molecule has 0 amide bonds. The minimum Gasteiger partial charge on any atom is -0.353 e. The van der Waals surface area contributed by atoms with Crippen LogP contribution in [-0.2, 0) is 29.6 Å². The van der Waals surface area contributed by atoms with Crippen molar-refractivity contribution in [3.63, 3.8) is 0 Å². The average Bonchev–Trinajstić information content (AvgIpc) is 2.69. The van der Waals surface area contributed by atoms with Crippen molar-refractivity contribution in [2.45, 2.75) is 65.4 Å². The molecule has 0 bridgehead atoms. The number of hydrogen-bond donors (Lipinski definition) is 1. The van der Waals surface area contributed by atoms with E-state index in [9.17, 15) is 14.2 Å². The first-order valence-electron chi connectivity index (χ1n) is 10.0. The molecule has 10 heteroatoms. The van der Waals surface area contributed by atoms with Gasteiger partial charge in [0.15, 0.2) is 6.29 Å². The quantitative estimate of drug-likeness (QED) is 0.538. The lowest BCUT2D eigenvalue weighted by Gasteiger charge is -2.27. The first kappa shape index (κ1) is 23.8. The molecule has 0 saturated carbocycles. The molecule has 1 aliphatic rings. The zero-order valence-corrected chi connectivity index (χ0v) is 18.2. The third kappa shape index (κ3) is 7.68. The van der Waals surface area contributed by atoms with E-state index >= 15 is 0 Å². The standard InChI is InChI=1S/C19H31N2O7P/c1-4-26-29(24,27-5-2)13-10-16(28-17-8-6-7-12-25-17)9-11-21-14-15(3)18(22)20-19(21)23/h10,13-14,16-17H,4-9,11-12H2,1-3H3,(H,20,22,23)/b13-10+/t16-,17+/m0/s1. The van der Waals surface area contributed by atoms with Gasteiger partial charge in [-0.05, 0) is 52.5 Å². The van der Waals surface area contributed by atoms with E-state index < -0.39 is 24.9 Å². The maximum Gasteiger partial charge on any atom is 0.353 e. The summed E-state index contributed by atoms with van der Waals surface area (Å²) in [6.45, 7) is 6.58. The SMILES string of the molecule is CCOP(=O)(/C=C/[C@H](CCn1cc(C)c(=O)[nH]c1=O)O[C@@H]1CCCCO1)OCC. The Hall–Kier alpha value is -1.51. The van der Waals surface area contributed by atoms with Gasteiger partial charge in [0.2, 0.25) is 0 Å². The van der Waals surface area contributed by atoms with Crippen molar-refractivity contribution < 1.29 is 23.1 Å². The van der Waals surface area contributed by atoms with Gasteiger partial charge >= 0.3 is 13.3 Å². The zero-order chi connectivity index (χ0) is 21.3. The van der Waals surface area contributed by atoms with Crippen LogP contribution in [0.3, 0.4) is 0 Å². The maximum atomic E-state index is 12.7. The lowest BCUT2D eigenvalue weighted by Crippen LogP contribution is -2.32. The van der Waals surface area contributed by atoms with Gasteiger partial charge in [-0.25, -0.2) is 4.79 Å². The molecular weight excluding hydrogens is 399 g/mol. The Morgan fingerprint density at radius 2 is 2.03 bits per heavy atom. The monoisotopic (exact) mass is 430 g/mol. The summed E-state index contributed by atoms with van der Waals surface area (Å²) >= 11 is 0. The summed E-state index contributed by atoms with van der Waals surface area (Å²) in [5.41, 5.74) is -0.430. The fraction of sp³-hybridized carbons (Fsp3) is 0.684. The summed E-state index contributed by atoms with van der Waals surface area (Å²) in [5, 5.41) is 0. The van der Waals surface area contributed by atoms with E-state index in [1.54, 1.807) is 26.8 Å². The van der Waals surface area contributed by atoms with Crippen LogP contribution in [0.5, 0.6) is 0 Å². The number of aryl methyl sites for hydroxylation is 2. The molecule has 1 N–H and O–H groups in total. The third-order valence-corrected chi connectivity index (χ3v) is 6.18. The molecular formula is C19H31N2O7P. The number of ether oxygens (including phenoxy) is 2. The minimum atomic E-state index is -3.36. The molecule has 2 heterocycles. The van der Waals surface area contributed by atoms with Gasteiger partial charge in [0.25, 0.3) is 5.56 Å². The molecule has 0 aromatic carbocycles. The van der Waals surface area contributed by atoms with Crippen LogP contribution in [0.4, 0.5) is 0 Å². The number of hydrogen-bond acceptors (Lipinski definition) is 7. The first-order valence-corrected chi connectivity index (χ1v) is 11.6. The molecule has 1 aromatic rings. The largest absolute Gasteiger partial charge is 0.353 e. The number of nitrogens with zero attached hydrogens (tertiary/aromatic N) is 1. The van der Waals surface area contributed by atoms with Crippen LogP contribution in [0, 0.1) is 6.92 Å². The Balaban J connectivity index is 2.14. The van der Waals surface area contributed by atoms with Crippen molar-refractivity contribution >= 4 is 7.60 Å². The highest BCUT2D eigenvalue weighted by Gasteiger charge is 2.23. The highest BCUT2D eigenvalue weighted by atomic mass is 31.2. The van der Waals surface area contributed by atoms with Gasteiger partial charge < -0.3 is 23.1 Å². The Kier molecular flexibility index (Phi) is 9.52. The molecule has 164 valence electrons. The van der Waals surface area contributed by atoms with Crippen LogP contribution in [0.2, 0.25) is 0 Å². The lowest BCUT2D eigenvalue weighted by atomic mass is 10.2. The fourth-order valence-electron chi connectivity index (χ4n) is 2.96. The molecule has 2 atom stereocenters. The minimum absolute atomic E-state index is 0.255. The summed E-state index contributed by atoms with van der Waals surface area (Å²) in [7, 11) is -3.36. The number of H-pyrrole nitrogens is 1. The smallest absolute Gasteiger partial charge is 0.353 e. The normalized spacial score (nSPS) is 18.9. The Morgan fingerprint density at radius 1 is 1.31 bits per heavy atom.